The van der Waals surface area contributed by atoms with E-state index >= 15 is 0 Å². The Morgan fingerprint density at radius 1 is 1.29 bits per heavy atom. The average Bonchev–Trinajstić information content (AvgIpc) is 2.51. The second kappa shape index (κ2) is 7.17. The summed E-state index contributed by atoms with van der Waals surface area (Å²) in [5.41, 5.74) is 0.0871. The van der Waals surface area contributed by atoms with E-state index in [1.54, 1.807) is 20.8 Å². The minimum Gasteiger partial charge on any atom is -0.444 e. The molecule has 1 aromatic rings. The molecule has 2 aliphatic rings. The van der Waals surface area contributed by atoms with Crippen LogP contribution in [0, 0.1) is 0 Å². The van der Waals surface area contributed by atoms with Gasteiger partial charge in [0, 0.05) is 32.3 Å². The lowest BCUT2D eigenvalue weighted by Crippen LogP contribution is -2.55. The summed E-state index contributed by atoms with van der Waals surface area (Å²) >= 11 is 0. The van der Waals surface area contributed by atoms with Crippen LogP contribution in [0.4, 0.5) is 22.4 Å². The molecule has 0 radical (unpaired) electrons. The van der Waals surface area contributed by atoms with Crippen LogP contribution in [-0.2, 0) is 11.3 Å². The van der Waals surface area contributed by atoms with Gasteiger partial charge in [0.15, 0.2) is 0 Å². The number of hydrogen-bond acceptors (Lipinski definition) is 4. The van der Waals surface area contributed by atoms with Crippen molar-refractivity contribution in [3.8, 4) is 0 Å². The topological polar surface area (TPSA) is 45.7 Å². The van der Waals surface area contributed by atoms with Gasteiger partial charge in [-0.15, -0.1) is 0 Å². The zero-order valence-corrected chi connectivity index (χ0v) is 16.2. The molecule has 0 spiro atoms. The summed E-state index contributed by atoms with van der Waals surface area (Å²) in [6.07, 6.45) is 0.322. The van der Waals surface area contributed by atoms with Gasteiger partial charge in [-0.25, -0.2) is 22.4 Å². The highest BCUT2D eigenvalue weighted by molar-refractivity contribution is 5.68. The van der Waals surface area contributed by atoms with E-state index in [4.69, 9.17) is 4.74 Å². The number of carbonyl (C=O) groups excluding carboxylic acids is 1. The third kappa shape index (κ3) is 4.92. The molecule has 1 atom stereocenters. The molecular formula is C19H25F4N3O2. The summed E-state index contributed by atoms with van der Waals surface area (Å²) in [5.74, 6) is -6.88. The van der Waals surface area contributed by atoms with Gasteiger partial charge in [-0.2, -0.15) is 0 Å². The summed E-state index contributed by atoms with van der Waals surface area (Å²) in [7, 11) is 0. The van der Waals surface area contributed by atoms with Gasteiger partial charge in [0.05, 0.1) is 24.7 Å². The predicted molar refractivity (Wildman–Crippen MR) is 94.6 cm³/mol. The monoisotopic (exact) mass is 403 g/mol. The summed E-state index contributed by atoms with van der Waals surface area (Å²) in [4.78, 5) is 19.2. The van der Waals surface area contributed by atoms with E-state index in [1.165, 1.54) is 28.1 Å². The summed E-state index contributed by atoms with van der Waals surface area (Å²) in [6.45, 7) is 4.36. The zero-order valence-electron chi connectivity index (χ0n) is 16.2. The van der Waals surface area contributed by atoms with Gasteiger partial charge in [0.25, 0.3) is 11.8 Å². The van der Waals surface area contributed by atoms with Crippen molar-refractivity contribution in [3.05, 3.63) is 29.6 Å². The lowest BCUT2D eigenvalue weighted by atomic mass is 9.87. The number of alkyl halides is 4. The van der Waals surface area contributed by atoms with Crippen LogP contribution >= 0.6 is 0 Å². The SMILES string of the molecule is CC(C)(C)OC(=O)N1CCC(F)(F)C(c2ccnc(CN3CC(F)(F)C3)c2)C1. The van der Waals surface area contributed by atoms with Crippen LogP contribution in [0.5, 0.6) is 0 Å². The lowest BCUT2D eigenvalue weighted by molar-refractivity contribution is -0.134. The maximum atomic E-state index is 14.6. The Kier molecular flexibility index (Phi) is 5.33. The van der Waals surface area contributed by atoms with Gasteiger partial charge in [-0.1, -0.05) is 0 Å². The van der Waals surface area contributed by atoms with Gasteiger partial charge in [0.1, 0.15) is 5.60 Å². The number of carbonyl (C=O) groups is 1. The minimum atomic E-state index is -2.99. The number of halogens is 4. The Bertz CT molecular complexity index is 728. The first-order valence-electron chi connectivity index (χ1n) is 9.25. The number of amides is 1. The van der Waals surface area contributed by atoms with Gasteiger partial charge < -0.3 is 9.64 Å². The van der Waals surface area contributed by atoms with Crippen molar-refractivity contribution in [3.63, 3.8) is 0 Å². The Hall–Kier alpha value is -1.90. The van der Waals surface area contributed by atoms with Crippen LogP contribution < -0.4 is 0 Å². The van der Waals surface area contributed by atoms with Crippen molar-refractivity contribution in [2.45, 2.75) is 57.1 Å². The molecule has 0 N–H and O–H groups in total. The Morgan fingerprint density at radius 3 is 2.57 bits per heavy atom. The molecule has 0 bridgehead atoms. The number of pyridine rings is 1. The van der Waals surface area contributed by atoms with E-state index in [-0.39, 0.29) is 32.7 Å². The zero-order chi connectivity index (χ0) is 20.7. The lowest BCUT2D eigenvalue weighted by Gasteiger charge is -2.39. The fourth-order valence-corrected chi connectivity index (χ4v) is 3.49. The van der Waals surface area contributed by atoms with E-state index in [2.05, 4.69) is 4.98 Å². The molecule has 1 amide bonds. The van der Waals surface area contributed by atoms with Crippen LogP contribution in [0.25, 0.3) is 0 Å². The highest BCUT2D eigenvalue weighted by Gasteiger charge is 2.47. The van der Waals surface area contributed by atoms with Crippen LogP contribution in [0.3, 0.4) is 0 Å². The molecule has 9 heteroatoms. The molecular weight excluding hydrogens is 378 g/mol. The molecule has 5 nitrogen and oxygen atoms in total. The number of nitrogens with zero attached hydrogens (tertiary/aromatic N) is 3. The van der Waals surface area contributed by atoms with E-state index in [0.29, 0.717) is 11.3 Å². The smallest absolute Gasteiger partial charge is 0.410 e. The average molecular weight is 403 g/mol. The summed E-state index contributed by atoms with van der Waals surface area (Å²) in [5, 5.41) is 0. The second-order valence-corrected chi connectivity index (χ2v) is 8.57. The van der Waals surface area contributed by atoms with Crippen LogP contribution in [0.15, 0.2) is 18.3 Å². The molecule has 0 saturated carbocycles. The van der Waals surface area contributed by atoms with Crippen LogP contribution in [0.1, 0.15) is 44.4 Å². The number of rotatable bonds is 3. The van der Waals surface area contributed by atoms with Crippen LogP contribution in [-0.4, -0.2) is 64.5 Å². The Morgan fingerprint density at radius 2 is 1.96 bits per heavy atom. The molecule has 0 aliphatic carbocycles. The number of ether oxygens (including phenoxy) is 1. The van der Waals surface area contributed by atoms with E-state index < -0.39 is 35.9 Å². The third-order valence-electron chi connectivity index (χ3n) is 4.82. The predicted octanol–water partition coefficient (Wildman–Crippen LogP) is 3.89. The highest BCUT2D eigenvalue weighted by Crippen LogP contribution is 2.41. The summed E-state index contributed by atoms with van der Waals surface area (Å²) < 4.78 is 60.5. The number of piperidine rings is 1. The van der Waals surface area contributed by atoms with Crippen molar-refractivity contribution in [1.29, 1.82) is 0 Å². The summed E-state index contributed by atoms with van der Waals surface area (Å²) in [6, 6.07) is 3.01. The van der Waals surface area contributed by atoms with Gasteiger partial charge in [-0.3, -0.25) is 9.88 Å². The quantitative estimate of drug-likeness (QED) is 0.719. The molecule has 2 saturated heterocycles. The second-order valence-electron chi connectivity index (χ2n) is 8.57. The first-order valence-corrected chi connectivity index (χ1v) is 9.25. The van der Waals surface area contributed by atoms with E-state index in [0.717, 1.165) is 0 Å². The highest BCUT2D eigenvalue weighted by atomic mass is 19.3. The first kappa shape index (κ1) is 20.8. The number of hydrogen-bond donors (Lipinski definition) is 0. The first-order chi connectivity index (χ1) is 12.8. The van der Waals surface area contributed by atoms with Crippen molar-refractivity contribution in [1.82, 2.24) is 14.8 Å². The number of likely N-dealkylation sites (tertiary alicyclic amines) is 2. The van der Waals surface area contributed by atoms with Crippen molar-refractivity contribution >= 4 is 6.09 Å². The standard InChI is InChI=1S/C19H25F4N3O2/c1-17(2,3)28-16(27)26-7-5-19(22,23)15(10-26)13-4-6-24-14(8-13)9-25-11-18(20,21)12-25/h4,6,8,15H,5,7,9-12H2,1-3H3. The maximum absolute atomic E-state index is 14.6. The van der Waals surface area contributed by atoms with Gasteiger partial charge >= 0.3 is 6.09 Å². The molecule has 1 aromatic heterocycles. The molecule has 28 heavy (non-hydrogen) atoms. The largest absolute Gasteiger partial charge is 0.444 e. The normalized spacial score (nSPS) is 24.5. The van der Waals surface area contributed by atoms with Crippen LogP contribution in [0.2, 0.25) is 0 Å². The minimum absolute atomic E-state index is 0.0841. The third-order valence-corrected chi connectivity index (χ3v) is 4.82. The molecule has 2 fully saturated rings. The molecule has 3 heterocycles. The Balaban J connectivity index is 1.72. The van der Waals surface area contributed by atoms with E-state index in [9.17, 15) is 22.4 Å². The molecule has 1 unspecified atom stereocenters. The maximum Gasteiger partial charge on any atom is 0.410 e. The van der Waals surface area contributed by atoms with E-state index in [1.807, 2.05) is 0 Å². The molecule has 156 valence electrons. The van der Waals surface area contributed by atoms with Crippen molar-refractivity contribution in [2.75, 3.05) is 26.2 Å². The van der Waals surface area contributed by atoms with Crippen molar-refractivity contribution < 1.29 is 27.1 Å². The van der Waals surface area contributed by atoms with Gasteiger partial charge in [0.2, 0.25) is 0 Å². The fourth-order valence-electron chi connectivity index (χ4n) is 3.49. The molecule has 2 aliphatic heterocycles. The Labute approximate surface area is 161 Å². The number of aromatic nitrogens is 1. The molecule has 0 aromatic carbocycles. The molecule has 3 rings (SSSR count). The fraction of sp³-hybridized carbons (Fsp3) is 0.684. The van der Waals surface area contributed by atoms with Gasteiger partial charge in [-0.05, 0) is 38.5 Å². The van der Waals surface area contributed by atoms with Crippen molar-refractivity contribution in [2.24, 2.45) is 0 Å².